The molecule has 2 aliphatic rings. The van der Waals surface area contributed by atoms with Gasteiger partial charge in [0.05, 0.1) is 6.10 Å². The fraction of sp³-hybridized carbons (Fsp3) is 1.00. The second-order valence-corrected chi connectivity index (χ2v) is 6.60. The molecule has 2 aliphatic carbocycles. The minimum atomic E-state index is -0.0269. The van der Waals surface area contributed by atoms with Crippen LogP contribution in [0.3, 0.4) is 0 Å². The van der Waals surface area contributed by atoms with Gasteiger partial charge in [0.1, 0.15) is 0 Å². The van der Waals surface area contributed by atoms with Gasteiger partial charge in [0.15, 0.2) is 0 Å². The molecule has 0 saturated heterocycles. The van der Waals surface area contributed by atoms with Crippen LogP contribution in [0.1, 0.15) is 65.2 Å². The van der Waals surface area contributed by atoms with E-state index in [1.54, 1.807) is 0 Å². The second-order valence-electron chi connectivity index (χ2n) is 6.60. The molecule has 1 unspecified atom stereocenters. The summed E-state index contributed by atoms with van der Waals surface area (Å²) in [4.78, 5) is 0. The van der Waals surface area contributed by atoms with Gasteiger partial charge in [-0.05, 0) is 56.3 Å². The topological polar surface area (TPSA) is 32.3 Å². The number of nitrogens with one attached hydrogen (secondary N) is 1. The minimum absolute atomic E-state index is 0.0269. The highest BCUT2D eigenvalue weighted by Gasteiger charge is 2.36. The van der Waals surface area contributed by atoms with Gasteiger partial charge in [-0.3, -0.25) is 0 Å². The van der Waals surface area contributed by atoms with E-state index in [1.165, 1.54) is 45.1 Å². The molecular weight excluding hydrogens is 210 g/mol. The molecule has 2 heteroatoms. The van der Waals surface area contributed by atoms with Crippen LogP contribution in [0.25, 0.3) is 0 Å². The monoisotopic (exact) mass is 239 g/mol. The normalized spacial score (nSPS) is 35.8. The van der Waals surface area contributed by atoms with Crippen molar-refractivity contribution in [1.29, 1.82) is 0 Å². The van der Waals surface area contributed by atoms with Crippen LogP contribution in [0.4, 0.5) is 0 Å². The van der Waals surface area contributed by atoms with Crippen LogP contribution in [-0.4, -0.2) is 23.8 Å². The van der Waals surface area contributed by atoms with Crippen LogP contribution >= 0.6 is 0 Å². The smallest absolute Gasteiger partial charge is 0.0540 e. The first-order valence-corrected chi connectivity index (χ1v) is 7.55. The third-order valence-corrected chi connectivity index (χ3v) is 4.84. The molecule has 2 rings (SSSR count). The van der Waals surface area contributed by atoms with Crippen molar-refractivity contribution >= 4 is 0 Å². The van der Waals surface area contributed by atoms with E-state index < -0.39 is 0 Å². The molecule has 100 valence electrons. The number of hydrogen-bond donors (Lipinski definition) is 2. The summed E-state index contributed by atoms with van der Waals surface area (Å²) in [5.41, 5.74) is 0.483. The van der Waals surface area contributed by atoms with Gasteiger partial charge in [-0.1, -0.05) is 20.3 Å². The van der Waals surface area contributed by atoms with Gasteiger partial charge in [0.2, 0.25) is 0 Å². The maximum absolute atomic E-state index is 9.70. The molecule has 0 aromatic rings. The van der Waals surface area contributed by atoms with E-state index in [9.17, 15) is 5.11 Å². The average Bonchev–Trinajstić information content (AvgIpc) is 3.14. The van der Waals surface area contributed by atoms with Crippen molar-refractivity contribution in [3.63, 3.8) is 0 Å². The molecule has 2 nitrogen and oxygen atoms in total. The SMILES string of the molecule is CCC(C)CC1(CNC2CC2)CCC(O)CC1. The quantitative estimate of drug-likeness (QED) is 0.746. The minimum Gasteiger partial charge on any atom is -0.393 e. The highest BCUT2D eigenvalue weighted by Crippen LogP contribution is 2.42. The van der Waals surface area contributed by atoms with Crippen LogP contribution in [0, 0.1) is 11.3 Å². The standard InChI is InChI=1S/C15H29NO/c1-3-12(2)10-15(11-16-13-4-5-13)8-6-14(17)7-9-15/h12-14,16-17H,3-11H2,1-2H3. The summed E-state index contributed by atoms with van der Waals surface area (Å²) in [6.07, 6.45) is 9.83. The van der Waals surface area contributed by atoms with E-state index in [0.717, 1.165) is 24.8 Å². The molecule has 2 fully saturated rings. The maximum Gasteiger partial charge on any atom is 0.0540 e. The predicted molar refractivity (Wildman–Crippen MR) is 72.0 cm³/mol. The van der Waals surface area contributed by atoms with Crippen LogP contribution in [0.5, 0.6) is 0 Å². The molecule has 0 aromatic carbocycles. The Bertz CT molecular complexity index is 229. The predicted octanol–water partition coefficient (Wildman–Crippen LogP) is 3.10. The molecule has 0 heterocycles. The van der Waals surface area contributed by atoms with E-state index in [1.807, 2.05) is 0 Å². The Morgan fingerprint density at radius 1 is 1.24 bits per heavy atom. The molecule has 0 amide bonds. The lowest BCUT2D eigenvalue weighted by Gasteiger charge is -2.41. The lowest BCUT2D eigenvalue weighted by Crippen LogP contribution is -2.40. The van der Waals surface area contributed by atoms with Gasteiger partial charge in [0.25, 0.3) is 0 Å². The van der Waals surface area contributed by atoms with Crippen LogP contribution in [0.15, 0.2) is 0 Å². The lowest BCUT2D eigenvalue weighted by molar-refractivity contribution is 0.0478. The third-order valence-electron chi connectivity index (χ3n) is 4.84. The largest absolute Gasteiger partial charge is 0.393 e. The molecule has 17 heavy (non-hydrogen) atoms. The van der Waals surface area contributed by atoms with Crippen molar-refractivity contribution in [3.05, 3.63) is 0 Å². The van der Waals surface area contributed by atoms with Crippen molar-refractivity contribution in [1.82, 2.24) is 5.32 Å². The first kappa shape index (κ1) is 13.4. The Labute approximate surface area is 106 Å². The lowest BCUT2D eigenvalue weighted by atomic mass is 9.68. The molecule has 0 aliphatic heterocycles. The summed E-state index contributed by atoms with van der Waals surface area (Å²) in [5, 5.41) is 13.4. The fourth-order valence-corrected chi connectivity index (χ4v) is 3.20. The molecule has 0 aromatic heterocycles. The van der Waals surface area contributed by atoms with Crippen LogP contribution in [0.2, 0.25) is 0 Å². The molecule has 2 saturated carbocycles. The zero-order chi connectivity index (χ0) is 12.3. The first-order chi connectivity index (χ1) is 8.13. The summed E-state index contributed by atoms with van der Waals surface area (Å²) in [7, 11) is 0. The van der Waals surface area contributed by atoms with Gasteiger partial charge < -0.3 is 10.4 Å². The van der Waals surface area contributed by atoms with E-state index in [0.29, 0.717) is 5.41 Å². The van der Waals surface area contributed by atoms with Crippen molar-refractivity contribution in [2.45, 2.75) is 77.4 Å². The fourth-order valence-electron chi connectivity index (χ4n) is 3.20. The molecule has 2 N–H and O–H groups in total. The summed E-state index contributed by atoms with van der Waals surface area (Å²) in [6.45, 7) is 5.86. The molecule has 0 spiro atoms. The molecule has 0 bridgehead atoms. The van der Waals surface area contributed by atoms with Crippen molar-refractivity contribution in [2.75, 3.05) is 6.54 Å². The highest BCUT2D eigenvalue weighted by molar-refractivity contribution is 4.91. The highest BCUT2D eigenvalue weighted by atomic mass is 16.3. The number of hydrogen-bond acceptors (Lipinski definition) is 2. The van der Waals surface area contributed by atoms with Gasteiger partial charge >= 0.3 is 0 Å². The average molecular weight is 239 g/mol. The van der Waals surface area contributed by atoms with Crippen LogP contribution in [-0.2, 0) is 0 Å². The van der Waals surface area contributed by atoms with Crippen LogP contribution < -0.4 is 5.32 Å². The Balaban J connectivity index is 1.89. The summed E-state index contributed by atoms with van der Waals surface area (Å²) < 4.78 is 0. The Kier molecular flexibility index (Phi) is 4.48. The Morgan fingerprint density at radius 2 is 1.88 bits per heavy atom. The van der Waals surface area contributed by atoms with E-state index in [2.05, 4.69) is 19.2 Å². The summed E-state index contributed by atoms with van der Waals surface area (Å²) in [5.74, 6) is 0.825. The van der Waals surface area contributed by atoms with E-state index in [-0.39, 0.29) is 6.10 Å². The van der Waals surface area contributed by atoms with Gasteiger partial charge in [-0.25, -0.2) is 0 Å². The summed E-state index contributed by atoms with van der Waals surface area (Å²) in [6, 6.07) is 0.815. The second kappa shape index (κ2) is 5.71. The van der Waals surface area contributed by atoms with Gasteiger partial charge in [-0.15, -0.1) is 0 Å². The Morgan fingerprint density at radius 3 is 2.41 bits per heavy atom. The zero-order valence-corrected chi connectivity index (χ0v) is 11.5. The molecule has 1 atom stereocenters. The van der Waals surface area contributed by atoms with Gasteiger partial charge in [0, 0.05) is 12.6 Å². The van der Waals surface area contributed by atoms with Crippen molar-refractivity contribution in [2.24, 2.45) is 11.3 Å². The van der Waals surface area contributed by atoms with Crippen molar-refractivity contribution in [3.8, 4) is 0 Å². The van der Waals surface area contributed by atoms with Gasteiger partial charge in [-0.2, -0.15) is 0 Å². The first-order valence-electron chi connectivity index (χ1n) is 7.55. The summed E-state index contributed by atoms with van der Waals surface area (Å²) >= 11 is 0. The number of rotatable bonds is 6. The molecule has 0 radical (unpaired) electrons. The van der Waals surface area contributed by atoms with E-state index >= 15 is 0 Å². The number of aliphatic hydroxyl groups excluding tert-OH is 1. The third kappa shape index (κ3) is 3.96. The number of aliphatic hydroxyl groups is 1. The van der Waals surface area contributed by atoms with Crippen molar-refractivity contribution < 1.29 is 5.11 Å². The molecular formula is C15H29NO. The van der Waals surface area contributed by atoms with E-state index in [4.69, 9.17) is 0 Å². The Hall–Kier alpha value is -0.0800. The zero-order valence-electron chi connectivity index (χ0n) is 11.5. The maximum atomic E-state index is 9.70.